The van der Waals surface area contributed by atoms with Gasteiger partial charge in [-0.15, -0.1) is 5.10 Å². The molecule has 0 spiro atoms. The van der Waals surface area contributed by atoms with E-state index in [0.717, 1.165) is 0 Å². The van der Waals surface area contributed by atoms with Crippen LogP contribution in [0.3, 0.4) is 0 Å². The molecule has 0 aliphatic rings. The number of nitrogens with one attached hydrogen (secondary N) is 2. The van der Waals surface area contributed by atoms with E-state index in [1.165, 1.54) is 35.3 Å². The number of nitrogens with zero attached hydrogens (tertiary/aromatic N) is 5. The Kier molecular flexibility index (Phi) is 5.67. The molecule has 2 heterocycles. The SMILES string of the molecule is Cc1cccc(C(=O)Nc2cc(-n3nnnc3C)ccc2F)c1NC(=O)c1ccncc1. The van der Waals surface area contributed by atoms with Gasteiger partial charge < -0.3 is 10.6 Å². The minimum absolute atomic E-state index is 0.0460. The van der Waals surface area contributed by atoms with Gasteiger partial charge in [-0.05, 0) is 66.2 Å². The molecule has 0 aliphatic carbocycles. The molecule has 160 valence electrons. The van der Waals surface area contributed by atoms with E-state index in [-0.39, 0.29) is 11.3 Å². The van der Waals surface area contributed by atoms with Crippen LogP contribution in [0.1, 0.15) is 32.1 Å². The zero-order valence-electron chi connectivity index (χ0n) is 17.2. The number of rotatable bonds is 5. The number of pyridine rings is 1. The van der Waals surface area contributed by atoms with Crippen LogP contribution in [0.5, 0.6) is 0 Å². The zero-order valence-corrected chi connectivity index (χ0v) is 17.2. The summed E-state index contributed by atoms with van der Waals surface area (Å²) in [5, 5.41) is 16.6. The fraction of sp³-hybridized carbons (Fsp3) is 0.0909. The van der Waals surface area contributed by atoms with E-state index < -0.39 is 17.6 Å². The van der Waals surface area contributed by atoms with Crippen molar-refractivity contribution in [2.75, 3.05) is 10.6 Å². The standard InChI is InChI=1S/C22H18FN7O2/c1-13-4-3-5-17(20(13)26-21(31)15-8-10-24-11-9-15)22(32)25-19-12-16(6-7-18(19)23)30-14(2)27-28-29-30/h3-12H,1-2H3,(H,25,32)(H,26,31). The number of amides is 2. The van der Waals surface area contributed by atoms with Gasteiger partial charge in [-0.2, -0.15) is 4.68 Å². The topological polar surface area (TPSA) is 115 Å². The van der Waals surface area contributed by atoms with Crippen molar-refractivity contribution >= 4 is 23.2 Å². The summed E-state index contributed by atoms with van der Waals surface area (Å²) in [5.41, 5.74) is 2.04. The molecule has 0 saturated heterocycles. The molecule has 2 amide bonds. The van der Waals surface area contributed by atoms with E-state index in [1.807, 2.05) is 0 Å². The number of benzene rings is 2. The summed E-state index contributed by atoms with van der Waals surface area (Å²) in [6, 6.07) is 12.3. The number of hydrogen-bond donors (Lipinski definition) is 2. The molecule has 0 aliphatic heterocycles. The summed E-state index contributed by atoms with van der Waals surface area (Å²) in [7, 11) is 0. The van der Waals surface area contributed by atoms with E-state index >= 15 is 0 Å². The lowest BCUT2D eigenvalue weighted by atomic mass is 10.1. The van der Waals surface area contributed by atoms with Crippen LogP contribution in [0.25, 0.3) is 5.69 Å². The first kappa shape index (κ1) is 20.8. The Bertz CT molecular complexity index is 1300. The van der Waals surface area contributed by atoms with Crippen LogP contribution in [0.2, 0.25) is 0 Å². The Hall–Kier alpha value is -4.47. The average molecular weight is 431 g/mol. The highest BCUT2D eigenvalue weighted by Gasteiger charge is 2.18. The maximum atomic E-state index is 14.4. The van der Waals surface area contributed by atoms with E-state index in [4.69, 9.17) is 0 Å². The normalized spacial score (nSPS) is 10.6. The molecule has 4 rings (SSSR count). The van der Waals surface area contributed by atoms with Crippen molar-refractivity contribution in [1.29, 1.82) is 0 Å². The van der Waals surface area contributed by atoms with Gasteiger partial charge in [0.25, 0.3) is 11.8 Å². The maximum absolute atomic E-state index is 14.4. The molecule has 2 aromatic heterocycles. The van der Waals surface area contributed by atoms with Gasteiger partial charge in [0, 0.05) is 18.0 Å². The van der Waals surface area contributed by atoms with Crippen LogP contribution in [-0.4, -0.2) is 37.0 Å². The van der Waals surface area contributed by atoms with Gasteiger partial charge in [0.15, 0.2) is 5.82 Å². The second-order valence-corrected chi connectivity index (χ2v) is 6.94. The van der Waals surface area contributed by atoms with E-state index in [0.29, 0.717) is 28.3 Å². The number of para-hydroxylation sites is 1. The molecule has 4 aromatic rings. The maximum Gasteiger partial charge on any atom is 0.257 e. The van der Waals surface area contributed by atoms with Crippen molar-refractivity contribution in [2.45, 2.75) is 13.8 Å². The zero-order chi connectivity index (χ0) is 22.7. The van der Waals surface area contributed by atoms with E-state index in [1.54, 1.807) is 44.2 Å². The van der Waals surface area contributed by atoms with Gasteiger partial charge in [-0.25, -0.2) is 4.39 Å². The third kappa shape index (κ3) is 4.19. The fourth-order valence-corrected chi connectivity index (χ4v) is 3.11. The van der Waals surface area contributed by atoms with Crippen LogP contribution in [0, 0.1) is 19.7 Å². The third-order valence-electron chi connectivity index (χ3n) is 4.77. The number of carbonyl (C=O) groups excluding carboxylic acids is 2. The van der Waals surface area contributed by atoms with Crippen LogP contribution in [-0.2, 0) is 0 Å². The molecule has 0 fully saturated rings. The first-order chi connectivity index (χ1) is 15.4. The lowest BCUT2D eigenvalue weighted by Crippen LogP contribution is -2.19. The number of aryl methyl sites for hydroxylation is 2. The van der Waals surface area contributed by atoms with Gasteiger partial charge in [0.1, 0.15) is 5.82 Å². The van der Waals surface area contributed by atoms with Crippen LogP contribution in [0.15, 0.2) is 60.9 Å². The molecule has 0 saturated carbocycles. The van der Waals surface area contributed by atoms with Crippen LogP contribution in [0.4, 0.5) is 15.8 Å². The summed E-state index contributed by atoms with van der Waals surface area (Å²) < 4.78 is 15.9. The van der Waals surface area contributed by atoms with Gasteiger partial charge in [0.05, 0.1) is 22.6 Å². The molecule has 32 heavy (non-hydrogen) atoms. The van der Waals surface area contributed by atoms with Gasteiger partial charge in [-0.3, -0.25) is 14.6 Å². The summed E-state index contributed by atoms with van der Waals surface area (Å²) >= 11 is 0. The van der Waals surface area contributed by atoms with Crippen LogP contribution >= 0.6 is 0 Å². The van der Waals surface area contributed by atoms with Crippen molar-refractivity contribution in [3.63, 3.8) is 0 Å². The Morgan fingerprint density at radius 1 is 0.969 bits per heavy atom. The lowest BCUT2D eigenvalue weighted by molar-refractivity contribution is 0.102. The minimum atomic E-state index is -0.622. The fourth-order valence-electron chi connectivity index (χ4n) is 3.11. The summed E-state index contributed by atoms with van der Waals surface area (Å²) in [6.07, 6.45) is 3.00. The first-order valence-electron chi connectivity index (χ1n) is 9.61. The molecule has 9 nitrogen and oxygen atoms in total. The molecule has 2 aromatic carbocycles. The number of tetrazole rings is 1. The van der Waals surface area contributed by atoms with Crippen molar-refractivity contribution in [3.8, 4) is 5.69 Å². The number of anilines is 2. The number of aromatic nitrogens is 5. The minimum Gasteiger partial charge on any atom is -0.321 e. The van der Waals surface area contributed by atoms with Crippen molar-refractivity contribution < 1.29 is 14.0 Å². The van der Waals surface area contributed by atoms with Crippen molar-refractivity contribution in [2.24, 2.45) is 0 Å². The second-order valence-electron chi connectivity index (χ2n) is 6.94. The lowest BCUT2D eigenvalue weighted by Gasteiger charge is -2.15. The summed E-state index contributed by atoms with van der Waals surface area (Å²) in [6.45, 7) is 3.47. The van der Waals surface area contributed by atoms with Crippen LogP contribution < -0.4 is 10.6 Å². The Morgan fingerprint density at radius 3 is 2.47 bits per heavy atom. The van der Waals surface area contributed by atoms with E-state index in [9.17, 15) is 14.0 Å². The summed E-state index contributed by atoms with van der Waals surface area (Å²) in [5.74, 6) is -1.09. The molecule has 0 atom stereocenters. The highest BCUT2D eigenvalue weighted by Crippen LogP contribution is 2.25. The van der Waals surface area contributed by atoms with Gasteiger partial charge >= 0.3 is 0 Å². The molecule has 0 radical (unpaired) electrons. The molecule has 2 N–H and O–H groups in total. The molecule has 0 unspecified atom stereocenters. The second kappa shape index (κ2) is 8.72. The quantitative estimate of drug-likeness (QED) is 0.501. The summed E-state index contributed by atoms with van der Waals surface area (Å²) in [4.78, 5) is 29.5. The van der Waals surface area contributed by atoms with Crippen molar-refractivity contribution in [3.05, 3.63) is 89.3 Å². The Morgan fingerprint density at radius 2 is 1.75 bits per heavy atom. The average Bonchev–Trinajstić information content (AvgIpc) is 3.23. The highest BCUT2D eigenvalue weighted by atomic mass is 19.1. The van der Waals surface area contributed by atoms with Crippen molar-refractivity contribution in [1.82, 2.24) is 25.2 Å². The van der Waals surface area contributed by atoms with Gasteiger partial charge in [-0.1, -0.05) is 12.1 Å². The molecule has 10 heteroatoms. The third-order valence-corrected chi connectivity index (χ3v) is 4.77. The number of halogens is 1. The molecular weight excluding hydrogens is 413 g/mol. The molecular formula is C22H18FN7O2. The number of carbonyl (C=O) groups is 2. The van der Waals surface area contributed by atoms with E-state index in [2.05, 4.69) is 31.1 Å². The predicted molar refractivity (Wildman–Crippen MR) is 115 cm³/mol. The highest BCUT2D eigenvalue weighted by molar-refractivity contribution is 6.13. The first-order valence-corrected chi connectivity index (χ1v) is 9.61. The Labute approximate surface area is 182 Å². The molecule has 0 bridgehead atoms. The smallest absolute Gasteiger partial charge is 0.257 e. The predicted octanol–water partition coefficient (Wildman–Crippen LogP) is 3.32. The monoisotopic (exact) mass is 431 g/mol. The Balaban J connectivity index is 1.63. The largest absolute Gasteiger partial charge is 0.321 e. The van der Waals surface area contributed by atoms with Gasteiger partial charge in [0.2, 0.25) is 0 Å². The number of hydrogen-bond acceptors (Lipinski definition) is 6.